The standard InChI is InChI=1S/C16H23N3O2/c1-17-16(20)12-18-10-14-15(11-18)21-8-7-19(14)9-13-5-3-2-4-6-13/h2-6,14-15H,7-12H2,1H3,(H,17,20)/t14-,15+/m1/s1. The molecule has 0 bridgehead atoms. The van der Waals surface area contributed by atoms with E-state index >= 15 is 0 Å². The second-order valence-corrected chi connectivity index (χ2v) is 5.80. The fourth-order valence-corrected chi connectivity index (χ4v) is 3.26. The molecule has 0 spiro atoms. The summed E-state index contributed by atoms with van der Waals surface area (Å²) in [7, 11) is 1.68. The molecule has 1 amide bonds. The number of nitrogens with zero attached hydrogens (tertiary/aromatic N) is 2. The second-order valence-electron chi connectivity index (χ2n) is 5.80. The lowest BCUT2D eigenvalue weighted by atomic mass is 10.1. The van der Waals surface area contributed by atoms with Crippen molar-refractivity contribution in [3.05, 3.63) is 35.9 Å². The van der Waals surface area contributed by atoms with Crippen LogP contribution in [0.4, 0.5) is 0 Å². The van der Waals surface area contributed by atoms with Crippen LogP contribution in [0.5, 0.6) is 0 Å². The SMILES string of the molecule is CNC(=O)CN1C[C@@H]2OCCN(Cc3ccccc3)[C@@H]2C1. The third-order valence-electron chi connectivity index (χ3n) is 4.37. The maximum atomic E-state index is 11.5. The normalized spacial score (nSPS) is 26.5. The molecule has 0 aromatic heterocycles. The quantitative estimate of drug-likeness (QED) is 0.867. The maximum Gasteiger partial charge on any atom is 0.233 e. The molecular weight excluding hydrogens is 266 g/mol. The molecule has 0 aliphatic carbocycles. The highest BCUT2D eigenvalue weighted by Crippen LogP contribution is 2.24. The molecular formula is C16H23N3O2. The van der Waals surface area contributed by atoms with Crippen LogP contribution in [0, 0.1) is 0 Å². The van der Waals surface area contributed by atoms with Gasteiger partial charge < -0.3 is 10.1 Å². The minimum atomic E-state index is 0.0725. The lowest BCUT2D eigenvalue weighted by Crippen LogP contribution is -2.50. The van der Waals surface area contributed by atoms with E-state index in [9.17, 15) is 4.79 Å². The zero-order chi connectivity index (χ0) is 14.7. The summed E-state index contributed by atoms with van der Waals surface area (Å²) < 4.78 is 5.90. The molecule has 2 atom stereocenters. The van der Waals surface area contributed by atoms with Crippen molar-refractivity contribution >= 4 is 5.91 Å². The highest BCUT2D eigenvalue weighted by Gasteiger charge is 2.40. The van der Waals surface area contributed by atoms with Crippen LogP contribution in [0.3, 0.4) is 0 Å². The number of morpholine rings is 1. The van der Waals surface area contributed by atoms with E-state index in [1.54, 1.807) is 7.05 Å². The molecule has 114 valence electrons. The van der Waals surface area contributed by atoms with E-state index in [4.69, 9.17) is 4.74 Å². The van der Waals surface area contributed by atoms with Gasteiger partial charge in [-0.2, -0.15) is 0 Å². The van der Waals surface area contributed by atoms with Crippen molar-refractivity contribution in [1.82, 2.24) is 15.1 Å². The summed E-state index contributed by atoms with van der Waals surface area (Å²) in [5, 5.41) is 2.69. The summed E-state index contributed by atoms with van der Waals surface area (Å²) in [6.07, 6.45) is 0.229. The molecule has 1 N–H and O–H groups in total. The molecule has 21 heavy (non-hydrogen) atoms. The largest absolute Gasteiger partial charge is 0.374 e. The van der Waals surface area contributed by atoms with Gasteiger partial charge in [0.2, 0.25) is 5.91 Å². The number of fused-ring (bicyclic) bond motifs is 1. The summed E-state index contributed by atoms with van der Waals surface area (Å²) in [5.74, 6) is 0.0725. The van der Waals surface area contributed by atoms with Crippen molar-refractivity contribution < 1.29 is 9.53 Å². The van der Waals surface area contributed by atoms with Gasteiger partial charge >= 0.3 is 0 Å². The summed E-state index contributed by atoms with van der Waals surface area (Å²) in [4.78, 5) is 16.2. The smallest absolute Gasteiger partial charge is 0.233 e. The Balaban J connectivity index is 1.63. The van der Waals surface area contributed by atoms with Gasteiger partial charge in [0.25, 0.3) is 0 Å². The van der Waals surface area contributed by atoms with Crippen LogP contribution in [-0.2, 0) is 16.1 Å². The highest BCUT2D eigenvalue weighted by atomic mass is 16.5. The summed E-state index contributed by atoms with van der Waals surface area (Å²) in [5.41, 5.74) is 1.34. The Hall–Kier alpha value is -1.43. The Morgan fingerprint density at radius 3 is 2.90 bits per heavy atom. The Kier molecular flexibility index (Phi) is 4.53. The average molecular weight is 289 g/mol. The number of hydrogen-bond donors (Lipinski definition) is 1. The molecule has 0 unspecified atom stereocenters. The molecule has 1 aromatic rings. The van der Waals surface area contributed by atoms with Gasteiger partial charge in [-0.3, -0.25) is 14.6 Å². The van der Waals surface area contributed by atoms with Crippen molar-refractivity contribution in [2.45, 2.75) is 18.7 Å². The fourth-order valence-electron chi connectivity index (χ4n) is 3.26. The van der Waals surface area contributed by atoms with Gasteiger partial charge in [-0.15, -0.1) is 0 Å². The topological polar surface area (TPSA) is 44.8 Å². The first-order valence-corrected chi connectivity index (χ1v) is 7.59. The predicted molar refractivity (Wildman–Crippen MR) is 80.9 cm³/mol. The molecule has 0 radical (unpaired) electrons. The number of carbonyl (C=O) groups is 1. The first kappa shape index (κ1) is 14.5. The van der Waals surface area contributed by atoms with Gasteiger partial charge in [0, 0.05) is 33.2 Å². The number of likely N-dealkylation sites (tertiary alicyclic amines) is 1. The fraction of sp³-hybridized carbons (Fsp3) is 0.562. The molecule has 2 fully saturated rings. The lowest BCUT2D eigenvalue weighted by Gasteiger charge is -2.37. The van der Waals surface area contributed by atoms with E-state index < -0.39 is 0 Å². The van der Waals surface area contributed by atoms with E-state index in [0.717, 1.165) is 32.8 Å². The van der Waals surface area contributed by atoms with Crippen LogP contribution in [-0.4, -0.2) is 67.7 Å². The molecule has 3 rings (SSSR count). The average Bonchev–Trinajstić information content (AvgIpc) is 2.91. The zero-order valence-electron chi connectivity index (χ0n) is 12.5. The molecule has 0 saturated carbocycles. The summed E-state index contributed by atoms with van der Waals surface area (Å²) >= 11 is 0. The summed E-state index contributed by atoms with van der Waals surface area (Å²) in [6.45, 7) is 4.92. The molecule has 2 aliphatic heterocycles. The number of hydrogen-bond acceptors (Lipinski definition) is 4. The number of carbonyl (C=O) groups excluding carboxylic acids is 1. The first-order valence-electron chi connectivity index (χ1n) is 7.59. The van der Waals surface area contributed by atoms with E-state index in [0.29, 0.717) is 12.6 Å². The van der Waals surface area contributed by atoms with E-state index in [-0.39, 0.29) is 12.0 Å². The Morgan fingerprint density at radius 2 is 2.14 bits per heavy atom. The first-order chi connectivity index (χ1) is 10.3. The van der Waals surface area contributed by atoms with Crippen LogP contribution in [0.1, 0.15) is 5.56 Å². The number of likely N-dealkylation sites (N-methyl/N-ethyl adjacent to an activating group) is 1. The third-order valence-corrected chi connectivity index (χ3v) is 4.37. The number of nitrogens with one attached hydrogen (secondary N) is 1. The van der Waals surface area contributed by atoms with Gasteiger partial charge in [-0.1, -0.05) is 30.3 Å². The molecule has 2 aliphatic rings. The van der Waals surface area contributed by atoms with Crippen molar-refractivity contribution in [2.75, 3.05) is 39.8 Å². The van der Waals surface area contributed by atoms with E-state index in [1.165, 1.54) is 5.56 Å². The number of amides is 1. The number of rotatable bonds is 4. The highest BCUT2D eigenvalue weighted by molar-refractivity contribution is 5.77. The molecule has 2 saturated heterocycles. The minimum absolute atomic E-state index is 0.0725. The van der Waals surface area contributed by atoms with Crippen LogP contribution in [0.2, 0.25) is 0 Å². The van der Waals surface area contributed by atoms with Crippen LogP contribution < -0.4 is 5.32 Å². The molecule has 2 heterocycles. The van der Waals surface area contributed by atoms with Gasteiger partial charge in [0.15, 0.2) is 0 Å². The molecule has 1 aromatic carbocycles. The molecule has 5 heteroatoms. The predicted octanol–water partition coefficient (Wildman–Crippen LogP) is 0.318. The third kappa shape index (κ3) is 3.43. The van der Waals surface area contributed by atoms with Gasteiger partial charge in [0.1, 0.15) is 0 Å². The van der Waals surface area contributed by atoms with Crippen molar-refractivity contribution in [3.63, 3.8) is 0 Å². The van der Waals surface area contributed by atoms with Gasteiger partial charge in [-0.25, -0.2) is 0 Å². The van der Waals surface area contributed by atoms with Crippen LogP contribution in [0.15, 0.2) is 30.3 Å². The second kappa shape index (κ2) is 6.56. The van der Waals surface area contributed by atoms with Crippen molar-refractivity contribution in [1.29, 1.82) is 0 Å². The van der Waals surface area contributed by atoms with Crippen LogP contribution in [0.25, 0.3) is 0 Å². The summed E-state index contributed by atoms with van der Waals surface area (Å²) in [6, 6.07) is 10.9. The van der Waals surface area contributed by atoms with Crippen molar-refractivity contribution in [3.8, 4) is 0 Å². The Bertz CT molecular complexity index is 480. The van der Waals surface area contributed by atoms with E-state index in [1.807, 2.05) is 6.07 Å². The Labute approximate surface area is 125 Å². The number of ether oxygens (including phenoxy) is 1. The Morgan fingerprint density at radius 1 is 1.33 bits per heavy atom. The maximum absolute atomic E-state index is 11.5. The monoisotopic (exact) mass is 289 g/mol. The van der Waals surface area contributed by atoms with Crippen molar-refractivity contribution in [2.24, 2.45) is 0 Å². The zero-order valence-corrected chi connectivity index (χ0v) is 12.5. The van der Waals surface area contributed by atoms with Crippen LogP contribution >= 0.6 is 0 Å². The number of benzene rings is 1. The van der Waals surface area contributed by atoms with E-state index in [2.05, 4.69) is 39.4 Å². The molecule has 5 nitrogen and oxygen atoms in total. The lowest BCUT2D eigenvalue weighted by molar-refractivity contribution is -0.121. The van der Waals surface area contributed by atoms with Gasteiger partial charge in [-0.05, 0) is 5.56 Å². The minimum Gasteiger partial charge on any atom is -0.374 e. The van der Waals surface area contributed by atoms with Gasteiger partial charge in [0.05, 0.1) is 25.3 Å².